The molecule has 3 aromatic rings. The normalized spacial score (nSPS) is 16.7. The first-order valence-electron chi connectivity index (χ1n) is 9.91. The molecule has 0 bridgehead atoms. The molecule has 0 amide bonds. The van der Waals surface area contributed by atoms with Gasteiger partial charge in [0.15, 0.2) is 11.6 Å². The molecule has 4 rings (SSSR count). The number of anilines is 4. The second-order valence-corrected chi connectivity index (χ2v) is 9.09. The maximum absolute atomic E-state index is 14.3. The van der Waals surface area contributed by atoms with Crippen LogP contribution in [0.15, 0.2) is 59.6 Å². The molecule has 2 heterocycles. The predicted octanol–water partition coefficient (Wildman–Crippen LogP) is 2.83. The largest absolute Gasteiger partial charge is 0.489 e. The molecule has 0 aliphatic carbocycles. The monoisotopic (exact) mass is 458 g/mol. The van der Waals surface area contributed by atoms with Gasteiger partial charge in [0.2, 0.25) is 16.0 Å². The third-order valence-corrected chi connectivity index (χ3v) is 5.84. The van der Waals surface area contributed by atoms with Gasteiger partial charge in [-0.25, -0.2) is 22.9 Å². The predicted molar refractivity (Wildman–Crippen MR) is 119 cm³/mol. The highest BCUT2D eigenvalue weighted by atomic mass is 32.2. The molecule has 1 atom stereocenters. The first-order chi connectivity index (χ1) is 15.3. The molecule has 168 valence electrons. The van der Waals surface area contributed by atoms with E-state index in [-0.39, 0.29) is 22.8 Å². The number of benzene rings is 2. The van der Waals surface area contributed by atoms with Gasteiger partial charge in [-0.05, 0) is 55.9 Å². The van der Waals surface area contributed by atoms with Gasteiger partial charge in [-0.2, -0.15) is 4.98 Å². The molecule has 1 unspecified atom stereocenters. The van der Waals surface area contributed by atoms with Crippen molar-refractivity contribution in [3.63, 3.8) is 0 Å². The summed E-state index contributed by atoms with van der Waals surface area (Å²) in [5.74, 6) is 0.168. The molecular weight excluding hydrogens is 435 g/mol. The molecule has 0 spiro atoms. The van der Waals surface area contributed by atoms with Crippen LogP contribution < -0.4 is 20.5 Å². The highest BCUT2D eigenvalue weighted by Gasteiger charge is 2.20. The van der Waals surface area contributed by atoms with E-state index in [2.05, 4.69) is 32.5 Å². The lowest BCUT2D eigenvalue weighted by atomic mass is 10.2. The first-order valence-corrected chi connectivity index (χ1v) is 11.5. The van der Waals surface area contributed by atoms with E-state index in [1.54, 1.807) is 18.2 Å². The number of ether oxygens (including phenoxy) is 1. The zero-order valence-electron chi connectivity index (χ0n) is 17.3. The van der Waals surface area contributed by atoms with E-state index in [9.17, 15) is 12.8 Å². The Hall–Kier alpha value is -3.28. The van der Waals surface area contributed by atoms with Crippen LogP contribution in [0.2, 0.25) is 0 Å². The van der Waals surface area contributed by atoms with Crippen molar-refractivity contribution in [2.75, 3.05) is 30.8 Å². The summed E-state index contributed by atoms with van der Waals surface area (Å²) in [7, 11) is -1.79. The Kier molecular flexibility index (Phi) is 6.21. The van der Waals surface area contributed by atoms with Gasteiger partial charge in [0, 0.05) is 24.5 Å². The molecule has 1 aromatic heterocycles. The van der Waals surface area contributed by atoms with E-state index in [1.165, 1.54) is 18.2 Å². The third kappa shape index (κ3) is 5.49. The molecule has 11 heteroatoms. The summed E-state index contributed by atoms with van der Waals surface area (Å²) in [6.07, 6.45) is 2.17. The first kappa shape index (κ1) is 21.9. The molecule has 4 N–H and O–H groups in total. The number of hydrogen-bond acceptors (Lipinski definition) is 8. The van der Waals surface area contributed by atoms with Crippen LogP contribution in [-0.4, -0.2) is 49.5 Å². The fourth-order valence-electron chi connectivity index (χ4n) is 3.33. The van der Waals surface area contributed by atoms with Crippen molar-refractivity contribution in [3.05, 3.63) is 60.5 Å². The van der Waals surface area contributed by atoms with Crippen LogP contribution in [0.5, 0.6) is 5.75 Å². The molecule has 1 aliphatic heterocycles. The topological polar surface area (TPSA) is 122 Å². The fourth-order valence-corrected chi connectivity index (χ4v) is 3.89. The van der Waals surface area contributed by atoms with Crippen LogP contribution in [0.25, 0.3) is 0 Å². The zero-order chi connectivity index (χ0) is 22.7. The molecule has 1 aliphatic rings. The van der Waals surface area contributed by atoms with Crippen molar-refractivity contribution in [2.24, 2.45) is 5.14 Å². The van der Waals surface area contributed by atoms with E-state index >= 15 is 0 Å². The number of halogens is 1. The molecular formula is C21H23FN6O3S. The summed E-state index contributed by atoms with van der Waals surface area (Å²) in [6.45, 7) is 1.90. The maximum atomic E-state index is 14.3. The average molecular weight is 459 g/mol. The van der Waals surface area contributed by atoms with Crippen LogP contribution >= 0.6 is 0 Å². The van der Waals surface area contributed by atoms with Gasteiger partial charge in [0.05, 0.1) is 11.1 Å². The van der Waals surface area contributed by atoms with Crippen LogP contribution in [0.4, 0.5) is 27.5 Å². The lowest BCUT2D eigenvalue weighted by Crippen LogP contribution is -2.21. The van der Waals surface area contributed by atoms with Gasteiger partial charge in [-0.3, -0.25) is 0 Å². The highest BCUT2D eigenvalue weighted by molar-refractivity contribution is 7.89. The van der Waals surface area contributed by atoms with Crippen LogP contribution in [0.3, 0.4) is 0 Å². The Balaban J connectivity index is 1.45. The molecule has 1 saturated heterocycles. The van der Waals surface area contributed by atoms with Gasteiger partial charge < -0.3 is 20.3 Å². The minimum Gasteiger partial charge on any atom is -0.489 e. The van der Waals surface area contributed by atoms with Crippen molar-refractivity contribution >= 4 is 33.2 Å². The maximum Gasteiger partial charge on any atom is 0.238 e. The quantitative estimate of drug-likeness (QED) is 0.494. The van der Waals surface area contributed by atoms with E-state index in [0.29, 0.717) is 11.4 Å². The van der Waals surface area contributed by atoms with Gasteiger partial charge in [0.1, 0.15) is 11.9 Å². The summed E-state index contributed by atoms with van der Waals surface area (Å²) in [5.41, 5.74) is 1.02. The summed E-state index contributed by atoms with van der Waals surface area (Å²) in [5, 5.41) is 10.9. The van der Waals surface area contributed by atoms with Crippen molar-refractivity contribution in [1.82, 2.24) is 14.9 Å². The summed E-state index contributed by atoms with van der Waals surface area (Å²) < 4.78 is 43.3. The Morgan fingerprint density at radius 2 is 1.94 bits per heavy atom. The lowest BCUT2D eigenvalue weighted by molar-refractivity contribution is 0.208. The summed E-state index contributed by atoms with van der Waals surface area (Å²) >= 11 is 0. The number of sulfonamides is 1. The van der Waals surface area contributed by atoms with Gasteiger partial charge in [-0.1, -0.05) is 6.07 Å². The number of nitrogens with two attached hydrogens (primary N) is 1. The number of hydrogen-bond donors (Lipinski definition) is 3. The number of aromatic nitrogens is 2. The standard InChI is InChI=1S/C21H23FN6O3S/c1-28-10-9-17(13-28)31-16-7-5-14(6-8-16)25-20-19(22)12-24-21(27-20)26-15-3-2-4-18(11-15)32(23,29)30/h2-8,11-12,17H,9-10,13H2,1H3,(H2,23,29,30)(H2,24,25,26,27). The van der Waals surface area contributed by atoms with Gasteiger partial charge in [-0.15, -0.1) is 0 Å². The zero-order valence-corrected chi connectivity index (χ0v) is 18.1. The molecule has 32 heavy (non-hydrogen) atoms. The average Bonchev–Trinajstić information content (AvgIpc) is 3.16. The minimum atomic E-state index is -3.85. The Labute approximate surface area is 185 Å². The van der Waals surface area contributed by atoms with Crippen molar-refractivity contribution in [1.29, 1.82) is 0 Å². The van der Waals surface area contributed by atoms with Crippen LogP contribution in [-0.2, 0) is 10.0 Å². The highest BCUT2D eigenvalue weighted by Crippen LogP contribution is 2.24. The lowest BCUT2D eigenvalue weighted by Gasteiger charge is -2.14. The SMILES string of the molecule is CN1CCC(Oc2ccc(Nc3nc(Nc4cccc(S(N)(=O)=O)c4)ncc3F)cc2)C1. The molecule has 9 nitrogen and oxygen atoms in total. The fraction of sp³-hybridized carbons (Fsp3) is 0.238. The number of nitrogens with one attached hydrogen (secondary N) is 2. The minimum absolute atomic E-state index is 0.0313. The number of likely N-dealkylation sites (N-methyl/N-ethyl adjacent to an activating group) is 1. The Morgan fingerprint density at radius 3 is 2.62 bits per heavy atom. The third-order valence-electron chi connectivity index (χ3n) is 4.93. The molecule has 0 saturated carbocycles. The van der Waals surface area contributed by atoms with E-state index in [0.717, 1.165) is 31.5 Å². The number of primary sulfonamides is 1. The second-order valence-electron chi connectivity index (χ2n) is 7.53. The van der Waals surface area contributed by atoms with Crippen molar-refractivity contribution < 1.29 is 17.5 Å². The molecule has 0 radical (unpaired) electrons. The number of nitrogens with zero attached hydrogens (tertiary/aromatic N) is 3. The number of rotatable bonds is 7. The second kappa shape index (κ2) is 9.07. The molecule has 1 fully saturated rings. The molecule has 2 aromatic carbocycles. The van der Waals surface area contributed by atoms with Crippen molar-refractivity contribution in [3.8, 4) is 5.75 Å². The Bertz CT molecular complexity index is 1210. The van der Waals surface area contributed by atoms with E-state index in [1.807, 2.05) is 12.1 Å². The van der Waals surface area contributed by atoms with E-state index < -0.39 is 15.8 Å². The Morgan fingerprint density at radius 1 is 1.16 bits per heavy atom. The summed E-state index contributed by atoms with van der Waals surface area (Å²) in [4.78, 5) is 10.2. The van der Waals surface area contributed by atoms with Gasteiger partial charge in [0.25, 0.3) is 0 Å². The van der Waals surface area contributed by atoms with Gasteiger partial charge >= 0.3 is 0 Å². The van der Waals surface area contributed by atoms with Crippen LogP contribution in [0, 0.1) is 5.82 Å². The summed E-state index contributed by atoms with van der Waals surface area (Å²) in [6, 6.07) is 13.0. The smallest absolute Gasteiger partial charge is 0.238 e. The van der Waals surface area contributed by atoms with Crippen LogP contribution in [0.1, 0.15) is 6.42 Å². The van der Waals surface area contributed by atoms with E-state index in [4.69, 9.17) is 9.88 Å². The van der Waals surface area contributed by atoms with Crippen molar-refractivity contribution in [2.45, 2.75) is 17.4 Å². The number of likely N-dealkylation sites (tertiary alicyclic amines) is 1.